The van der Waals surface area contributed by atoms with E-state index in [1.165, 1.54) is 12.1 Å². The Balaban J connectivity index is 0.00000481. The number of aliphatic hydroxyl groups is 2. The van der Waals surface area contributed by atoms with Crippen LogP contribution >= 0.6 is 0 Å². The van der Waals surface area contributed by atoms with E-state index in [1.54, 1.807) is 16.7 Å². The number of benzene rings is 2. The summed E-state index contributed by atoms with van der Waals surface area (Å²) >= 11 is 0. The normalized spacial score (nSPS) is 12.6. The molecule has 0 fully saturated rings. The third-order valence-corrected chi connectivity index (χ3v) is 5.69. The Morgan fingerprint density at radius 1 is 1.05 bits per heavy atom. The Morgan fingerprint density at radius 3 is 2.30 bits per heavy atom. The molecule has 8 nitrogen and oxygen atoms in total. The van der Waals surface area contributed by atoms with Gasteiger partial charge in [-0.15, -0.1) is 0 Å². The second-order valence-electron chi connectivity index (χ2n) is 8.95. The smallest absolute Gasteiger partial charge is 0.550 e. The van der Waals surface area contributed by atoms with Crippen molar-refractivity contribution in [3.63, 3.8) is 0 Å². The summed E-state index contributed by atoms with van der Waals surface area (Å²) in [6.07, 6.45) is -2.80. The molecular formula is C27H30FN2NaO6. The molecule has 37 heavy (non-hydrogen) atoms. The summed E-state index contributed by atoms with van der Waals surface area (Å²) in [4.78, 5) is 28.3. The zero-order valence-electron chi connectivity index (χ0n) is 21.3. The van der Waals surface area contributed by atoms with Gasteiger partial charge >= 0.3 is 35.5 Å². The van der Waals surface area contributed by atoms with Crippen molar-refractivity contribution in [1.29, 1.82) is 0 Å². The van der Waals surface area contributed by atoms with Crippen molar-refractivity contribution < 1.29 is 63.6 Å². The molecule has 0 saturated carbocycles. The Labute approximate surface area is 237 Å². The van der Waals surface area contributed by atoms with Crippen LogP contribution in [0.4, 0.5) is 4.39 Å². The third kappa shape index (κ3) is 8.76. The molecule has 192 valence electrons. The van der Waals surface area contributed by atoms with E-state index < -0.39 is 36.4 Å². The molecule has 1 heterocycles. The second kappa shape index (κ2) is 14.4. The maximum Gasteiger partial charge on any atom is 1.00 e. The number of halogens is 1. The fraction of sp³-hybridized carbons (Fsp3) is 0.370. The largest absolute Gasteiger partial charge is 1.00 e. The summed E-state index contributed by atoms with van der Waals surface area (Å²) < 4.78 is 20.9. The first-order valence-corrected chi connectivity index (χ1v) is 11.8. The number of ether oxygens (including phenoxy) is 1. The van der Waals surface area contributed by atoms with Gasteiger partial charge in [0.1, 0.15) is 18.2 Å². The summed E-state index contributed by atoms with van der Waals surface area (Å²) in [5.41, 5.74) is 2.13. The van der Waals surface area contributed by atoms with Gasteiger partial charge in [0, 0.05) is 24.5 Å². The number of carboxylic acid groups (broad SMARTS) is 1. The van der Waals surface area contributed by atoms with Gasteiger partial charge in [-0.2, -0.15) is 0 Å². The molecule has 3 aromatic rings. The summed E-state index contributed by atoms with van der Waals surface area (Å²) in [5.74, 6) is -2.15. The van der Waals surface area contributed by atoms with Gasteiger partial charge in [0.05, 0.1) is 17.9 Å². The van der Waals surface area contributed by atoms with E-state index in [0.717, 1.165) is 5.56 Å². The van der Waals surface area contributed by atoms with Crippen LogP contribution in [0.25, 0.3) is 11.4 Å². The van der Waals surface area contributed by atoms with Crippen molar-refractivity contribution in [2.45, 2.75) is 64.4 Å². The Hall–Kier alpha value is -2.56. The molecule has 2 atom stereocenters. The van der Waals surface area contributed by atoms with Gasteiger partial charge in [-0.1, -0.05) is 44.2 Å². The topological polar surface area (TPSA) is 125 Å². The number of aliphatic carboxylic acids is 1. The van der Waals surface area contributed by atoms with E-state index in [-0.39, 0.29) is 67.2 Å². The van der Waals surface area contributed by atoms with Crippen molar-refractivity contribution in [3.8, 4) is 11.4 Å². The first-order valence-electron chi connectivity index (χ1n) is 11.8. The Morgan fingerprint density at radius 2 is 1.70 bits per heavy atom. The SMILES string of the molecule is CC(C)c1c(C(=O)OCc2ccccc2)nc(-c2ccc(F)cc2)n1CC[C@@H](O)C[C@@H](O)CC(=O)[O-].[Na+]. The molecule has 0 aliphatic rings. The van der Waals surface area contributed by atoms with E-state index in [4.69, 9.17) is 4.74 Å². The molecule has 0 unspecified atom stereocenters. The summed E-state index contributed by atoms with van der Waals surface area (Å²) in [7, 11) is 0. The molecule has 1 aromatic heterocycles. The van der Waals surface area contributed by atoms with Crippen molar-refractivity contribution in [1.82, 2.24) is 9.55 Å². The average Bonchev–Trinajstić information content (AvgIpc) is 3.21. The minimum absolute atomic E-state index is 0. The maximum absolute atomic E-state index is 13.6. The van der Waals surface area contributed by atoms with Crippen LogP contribution in [0.5, 0.6) is 0 Å². The summed E-state index contributed by atoms with van der Waals surface area (Å²) in [5, 5.41) is 30.9. The van der Waals surface area contributed by atoms with Gasteiger partial charge in [0.2, 0.25) is 0 Å². The van der Waals surface area contributed by atoms with E-state index in [2.05, 4.69) is 4.98 Å². The third-order valence-electron chi connectivity index (χ3n) is 5.69. The van der Waals surface area contributed by atoms with Gasteiger partial charge in [-0.25, -0.2) is 14.2 Å². The number of hydrogen-bond acceptors (Lipinski definition) is 7. The molecule has 0 radical (unpaired) electrons. The van der Waals surface area contributed by atoms with Crippen molar-refractivity contribution >= 4 is 11.9 Å². The van der Waals surface area contributed by atoms with Crippen LogP contribution in [0.1, 0.15) is 60.8 Å². The van der Waals surface area contributed by atoms with E-state index in [1.807, 2.05) is 44.2 Å². The van der Waals surface area contributed by atoms with Crippen LogP contribution in [-0.2, 0) is 22.7 Å². The van der Waals surface area contributed by atoms with E-state index >= 15 is 0 Å². The predicted octanol–water partition coefficient (Wildman–Crippen LogP) is -0.184. The van der Waals surface area contributed by atoms with Crippen molar-refractivity contribution in [3.05, 3.63) is 77.4 Å². The average molecular weight is 521 g/mol. The molecule has 0 aliphatic heterocycles. The van der Waals surface area contributed by atoms with Crippen LogP contribution in [0.2, 0.25) is 0 Å². The Bertz CT molecular complexity index is 1170. The molecule has 0 spiro atoms. The minimum atomic E-state index is -1.40. The number of aromatic nitrogens is 2. The number of carbonyl (C=O) groups excluding carboxylic acids is 2. The molecule has 0 bridgehead atoms. The molecule has 2 N–H and O–H groups in total. The van der Waals surface area contributed by atoms with Crippen LogP contribution in [0.15, 0.2) is 54.6 Å². The molecule has 10 heteroatoms. The van der Waals surface area contributed by atoms with Gasteiger partial charge < -0.3 is 29.4 Å². The van der Waals surface area contributed by atoms with E-state index in [0.29, 0.717) is 17.1 Å². The first kappa shape index (κ1) is 30.7. The number of esters is 1. The quantitative estimate of drug-likeness (QED) is 0.251. The fourth-order valence-electron chi connectivity index (χ4n) is 4.02. The van der Waals surface area contributed by atoms with Crippen LogP contribution in [0, 0.1) is 5.82 Å². The minimum Gasteiger partial charge on any atom is -0.550 e. The standard InChI is InChI=1S/C27H31FN2O6.Na/c1-17(2)25-24(27(35)36-16-18-6-4-3-5-7-18)29-26(19-8-10-20(28)11-9-19)30(25)13-12-21(31)14-22(32)15-23(33)34;/h3-11,17,21-22,31-32H,12-16H2,1-2H3,(H,33,34);/q;+1/p-1/t21-,22-;/m1./s1. The molecular weight excluding hydrogens is 490 g/mol. The number of carbonyl (C=O) groups is 2. The van der Waals surface area contributed by atoms with Crippen LogP contribution < -0.4 is 34.7 Å². The zero-order valence-corrected chi connectivity index (χ0v) is 23.3. The molecule has 2 aromatic carbocycles. The van der Waals surface area contributed by atoms with Gasteiger partial charge in [-0.05, 0) is 48.6 Å². The number of hydrogen-bond donors (Lipinski definition) is 2. The van der Waals surface area contributed by atoms with Gasteiger partial charge in [0.15, 0.2) is 5.69 Å². The second-order valence-corrected chi connectivity index (χ2v) is 8.95. The Kier molecular flexibility index (Phi) is 11.9. The maximum atomic E-state index is 13.6. The fourth-order valence-corrected chi connectivity index (χ4v) is 4.02. The van der Waals surface area contributed by atoms with Crippen molar-refractivity contribution in [2.24, 2.45) is 0 Å². The first-order chi connectivity index (χ1) is 17.2. The van der Waals surface area contributed by atoms with Crippen LogP contribution in [0.3, 0.4) is 0 Å². The van der Waals surface area contributed by atoms with Gasteiger partial charge in [-0.3, -0.25) is 0 Å². The number of carboxylic acids is 1. The molecule has 3 rings (SSSR count). The van der Waals surface area contributed by atoms with Gasteiger partial charge in [0.25, 0.3) is 0 Å². The molecule has 0 aliphatic carbocycles. The zero-order chi connectivity index (χ0) is 26.2. The molecule has 0 amide bonds. The summed E-state index contributed by atoms with van der Waals surface area (Å²) in [6, 6.07) is 14.9. The van der Waals surface area contributed by atoms with E-state index in [9.17, 15) is 29.3 Å². The number of rotatable bonds is 12. The monoisotopic (exact) mass is 520 g/mol. The molecule has 0 saturated heterocycles. The van der Waals surface area contributed by atoms with Crippen LogP contribution in [-0.4, -0.2) is 43.9 Å². The number of aliphatic hydroxyl groups excluding tert-OH is 2. The predicted molar refractivity (Wildman–Crippen MR) is 128 cm³/mol. The van der Waals surface area contributed by atoms with Crippen molar-refractivity contribution in [2.75, 3.05) is 0 Å². The summed E-state index contributed by atoms with van der Waals surface area (Å²) in [6.45, 7) is 4.09. The number of nitrogens with zero attached hydrogens (tertiary/aromatic N) is 2. The number of imidazole rings is 1.